The molecule has 0 bridgehead atoms. The van der Waals surface area contributed by atoms with Crippen LogP contribution in [0.1, 0.15) is 54.9 Å². The van der Waals surface area contributed by atoms with E-state index in [4.69, 9.17) is 4.99 Å². The summed E-state index contributed by atoms with van der Waals surface area (Å²) >= 11 is 0. The van der Waals surface area contributed by atoms with Crippen LogP contribution in [0.3, 0.4) is 0 Å². The summed E-state index contributed by atoms with van der Waals surface area (Å²) in [6, 6.07) is 21.8. The van der Waals surface area contributed by atoms with Crippen LogP contribution in [0.4, 0.5) is 0 Å². The molecule has 0 radical (unpaired) electrons. The first kappa shape index (κ1) is 28.0. The summed E-state index contributed by atoms with van der Waals surface area (Å²) in [4.78, 5) is 5.25. The van der Waals surface area contributed by atoms with E-state index in [9.17, 15) is 0 Å². The summed E-state index contributed by atoms with van der Waals surface area (Å²) in [5, 5.41) is 3.97. The largest absolute Gasteiger partial charge is 0.256 e. The lowest BCUT2D eigenvalue weighted by molar-refractivity contribution is 0.330. The molecule has 0 spiro atoms. The highest BCUT2D eigenvalue weighted by molar-refractivity contribution is 7.77. The Balaban J connectivity index is 1.88. The van der Waals surface area contributed by atoms with Gasteiger partial charge in [0.1, 0.15) is 0 Å². The molecule has 0 saturated heterocycles. The Hall–Kier alpha value is -3.02. The van der Waals surface area contributed by atoms with Gasteiger partial charge in [-0.2, -0.15) is 0 Å². The van der Waals surface area contributed by atoms with Gasteiger partial charge in [-0.25, -0.2) is 0 Å². The van der Waals surface area contributed by atoms with E-state index in [1.54, 1.807) is 0 Å². The van der Waals surface area contributed by atoms with Gasteiger partial charge in [-0.3, -0.25) is 4.99 Å². The topological polar surface area (TPSA) is 12.4 Å². The highest BCUT2D eigenvalue weighted by Crippen LogP contribution is 2.46. The van der Waals surface area contributed by atoms with Gasteiger partial charge < -0.3 is 0 Å². The van der Waals surface area contributed by atoms with E-state index < -0.39 is 7.92 Å². The first-order valence-corrected chi connectivity index (χ1v) is 15.0. The summed E-state index contributed by atoms with van der Waals surface area (Å²) in [7, 11) is -0.741. The monoisotopic (exact) mass is 519 g/mol. The van der Waals surface area contributed by atoms with Crippen LogP contribution in [-0.4, -0.2) is 6.21 Å². The molecule has 196 valence electrons. The summed E-state index contributed by atoms with van der Waals surface area (Å²) in [5.41, 5.74) is 5.18. The summed E-state index contributed by atoms with van der Waals surface area (Å²) in [5.74, 6) is 0.351. The summed E-state index contributed by atoms with van der Waals surface area (Å²) in [6.07, 6.45) is 19.1. The third-order valence-electron chi connectivity index (χ3n) is 7.20. The molecule has 2 heteroatoms. The number of rotatable bonds is 5. The Bertz CT molecular complexity index is 1290. The second-order valence-corrected chi connectivity index (χ2v) is 14.5. The van der Waals surface area contributed by atoms with Crippen LogP contribution in [0, 0.1) is 16.7 Å². The molecule has 2 aliphatic carbocycles. The Morgan fingerprint density at radius 2 is 1.37 bits per heavy atom. The molecule has 1 unspecified atom stereocenters. The van der Waals surface area contributed by atoms with Crippen molar-refractivity contribution in [2.75, 3.05) is 0 Å². The van der Waals surface area contributed by atoms with Gasteiger partial charge in [0.25, 0.3) is 0 Å². The minimum atomic E-state index is -0.741. The third kappa shape index (κ3) is 6.69. The lowest BCUT2D eigenvalue weighted by atomic mass is 9.75. The van der Waals surface area contributed by atoms with Gasteiger partial charge in [0.15, 0.2) is 0 Å². The fourth-order valence-corrected chi connectivity index (χ4v) is 7.44. The normalized spacial score (nSPS) is 18.8. The van der Waals surface area contributed by atoms with Gasteiger partial charge in [0.2, 0.25) is 0 Å². The maximum Gasteiger partial charge on any atom is 0.0710 e. The third-order valence-corrected chi connectivity index (χ3v) is 9.69. The zero-order valence-electron chi connectivity index (χ0n) is 24.1. The molecule has 0 heterocycles. The first-order valence-electron chi connectivity index (χ1n) is 13.7. The quantitative estimate of drug-likeness (QED) is 0.276. The second kappa shape index (κ2) is 11.8. The molecule has 0 aliphatic heterocycles. The zero-order chi connectivity index (χ0) is 27.3. The molecule has 2 aliphatic rings. The van der Waals surface area contributed by atoms with Crippen LogP contribution in [0.2, 0.25) is 0 Å². The van der Waals surface area contributed by atoms with Crippen LogP contribution in [0.15, 0.2) is 136 Å². The van der Waals surface area contributed by atoms with Crippen molar-refractivity contribution in [3.05, 3.63) is 131 Å². The fraction of sp³-hybridized carbons (Fsp3) is 0.306. The van der Waals surface area contributed by atoms with Crippen LogP contribution >= 0.6 is 7.92 Å². The smallest absolute Gasteiger partial charge is 0.0710 e. The second-order valence-electron chi connectivity index (χ2n) is 12.3. The maximum atomic E-state index is 5.25. The van der Waals surface area contributed by atoms with Crippen molar-refractivity contribution in [2.24, 2.45) is 21.7 Å². The van der Waals surface area contributed by atoms with Gasteiger partial charge >= 0.3 is 0 Å². The Kier molecular flexibility index (Phi) is 8.69. The van der Waals surface area contributed by atoms with Crippen molar-refractivity contribution in [1.82, 2.24) is 0 Å². The average Bonchev–Trinajstić information content (AvgIpc) is 3.20. The van der Waals surface area contributed by atoms with Crippen molar-refractivity contribution in [1.29, 1.82) is 0 Å². The molecule has 4 rings (SSSR count). The lowest BCUT2D eigenvalue weighted by Crippen LogP contribution is -2.20. The fourth-order valence-electron chi connectivity index (χ4n) is 5.02. The predicted molar refractivity (Wildman–Crippen MR) is 170 cm³/mol. The Labute approximate surface area is 231 Å². The molecule has 0 saturated carbocycles. The molecule has 0 N–H and O–H groups in total. The molecular weight excluding hydrogens is 477 g/mol. The molecule has 38 heavy (non-hydrogen) atoms. The average molecular weight is 520 g/mol. The predicted octanol–water partition coefficient (Wildman–Crippen LogP) is 9.44. The number of hydrogen-bond acceptors (Lipinski definition) is 1. The van der Waals surface area contributed by atoms with Gasteiger partial charge in [-0.1, -0.05) is 138 Å². The van der Waals surface area contributed by atoms with Crippen molar-refractivity contribution < 1.29 is 0 Å². The van der Waals surface area contributed by atoms with Crippen LogP contribution < -0.4 is 10.6 Å². The minimum absolute atomic E-state index is 0.0625. The summed E-state index contributed by atoms with van der Waals surface area (Å²) in [6.45, 7) is 16.1. The number of aliphatic imine (C=N–C) groups is 1. The molecule has 1 atom stereocenters. The van der Waals surface area contributed by atoms with E-state index in [1.165, 1.54) is 32.6 Å². The van der Waals surface area contributed by atoms with E-state index in [0.717, 1.165) is 12.1 Å². The van der Waals surface area contributed by atoms with E-state index >= 15 is 0 Å². The Morgan fingerprint density at radius 1 is 0.789 bits per heavy atom. The number of nitrogens with zero attached hydrogens (tertiary/aromatic N) is 1. The van der Waals surface area contributed by atoms with Gasteiger partial charge in [0, 0.05) is 17.4 Å². The van der Waals surface area contributed by atoms with Crippen LogP contribution in [0.5, 0.6) is 0 Å². The van der Waals surface area contributed by atoms with Crippen LogP contribution in [-0.2, 0) is 0 Å². The molecule has 0 amide bonds. The van der Waals surface area contributed by atoms with Gasteiger partial charge in [-0.05, 0) is 66.0 Å². The van der Waals surface area contributed by atoms with E-state index in [0.29, 0.717) is 5.92 Å². The molecule has 1 nitrogen and oxygen atoms in total. The van der Waals surface area contributed by atoms with Crippen LogP contribution in [0.25, 0.3) is 0 Å². The number of allylic oxidation sites excluding steroid dienone is 11. The molecule has 2 aromatic rings. The van der Waals surface area contributed by atoms with Crippen molar-refractivity contribution in [3.8, 4) is 0 Å². The van der Waals surface area contributed by atoms with Crippen molar-refractivity contribution in [3.63, 3.8) is 0 Å². The van der Waals surface area contributed by atoms with E-state index in [-0.39, 0.29) is 10.8 Å². The number of benzene rings is 2. The molecule has 0 aromatic heterocycles. The SMILES string of the molecule is CC1=C(/C=N/C2=C(P(c3ccccc3)c3ccccc3)C=CCC=C2)C=C(C(C)(C)C)C=CC1C(C)(C)C. The van der Waals surface area contributed by atoms with E-state index in [1.807, 2.05) is 0 Å². The van der Waals surface area contributed by atoms with Gasteiger partial charge in [0.05, 0.1) is 5.70 Å². The first-order chi connectivity index (χ1) is 18.1. The standard InChI is InChI=1S/C36H42NP/c1-27-28(25-29(35(2,3)4)23-24-32(27)36(5,6)7)26-37-33-21-15-10-16-22-34(33)38(30-17-11-8-12-18-30)31-19-13-9-14-20-31/h8-9,11-26,32H,10H2,1-7H3/b37-26+. The maximum absolute atomic E-state index is 5.25. The number of hydrogen-bond donors (Lipinski definition) is 0. The Morgan fingerprint density at radius 3 is 1.92 bits per heavy atom. The molecule has 2 aromatic carbocycles. The molecule has 0 fully saturated rings. The minimum Gasteiger partial charge on any atom is -0.256 e. The van der Waals surface area contributed by atoms with Gasteiger partial charge in [-0.15, -0.1) is 0 Å². The van der Waals surface area contributed by atoms with E-state index in [2.05, 4.69) is 158 Å². The molecular formula is C36H42NP. The summed E-state index contributed by atoms with van der Waals surface area (Å²) < 4.78 is 0. The highest BCUT2D eigenvalue weighted by atomic mass is 31.1. The van der Waals surface area contributed by atoms with Crippen molar-refractivity contribution in [2.45, 2.75) is 54.9 Å². The zero-order valence-corrected chi connectivity index (χ0v) is 25.0. The highest BCUT2D eigenvalue weighted by Gasteiger charge is 2.28. The van der Waals surface area contributed by atoms with Crippen molar-refractivity contribution >= 4 is 24.7 Å². The lowest BCUT2D eigenvalue weighted by Gasteiger charge is -2.29.